The van der Waals surface area contributed by atoms with Crippen LogP contribution in [0.1, 0.15) is 38.4 Å². The highest BCUT2D eigenvalue weighted by Gasteiger charge is 2.22. The molecule has 2 atom stereocenters. The van der Waals surface area contributed by atoms with Crippen molar-refractivity contribution in [1.29, 1.82) is 0 Å². The molecule has 1 saturated heterocycles. The van der Waals surface area contributed by atoms with Gasteiger partial charge >= 0.3 is 0 Å². The number of aliphatic hydroxyl groups is 2. The van der Waals surface area contributed by atoms with Crippen LogP contribution in [-0.4, -0.2) is 29.4 Å². The SMILES string of the molecule is CC(O)C1CCN(c2ccc([C@@H](C)O)cc2)CC1. The van der Waals surface area contributed by atoms with Crippen LogP contribution < -0.4 is 4.90 Å². The molecule has 1 aliphatic rings. The van der Waals surface area contributed by atoms with Gasteiger partial charge in [-0.25, -0.2) is 0 Å². The number of anilines is 1. The summed E-state index contributed by atoms with van der Waals surface area (Å²) in [6.07, 6.45) is 1.51. The van der Waals surface area contributed by atoms with Crippen LogP contribution >= 0.6 is 0 Å². The average Bonchev–Trinajstić information content (AvgIpc) is 2.39. The van der Waals surface area contributed by atoms with Gasteiger partial charge in [0.1, 0.15) is 0 Å². The molecule has 3 heteroatoms. The lowest BCUT2D eigenvalue weighted by Crippen LogP contribution is -2.37. The number of nitrogens with zero attached hydrogens (tertiary/aromatic N) is 1. The first-order chi connectivity index (χ1) is 8.58. The van der Waals surface area contributed by atoms with E-state index in [0.717, 1.165) is 31.5 Å². The number of benzene rings is 1. The molecule has 1 heterocycles. The van der Waals surface area contributed by atoms with E-state index in [-0.39, 0.29) is 6.10 Å². The van der Waals surface area contributed by atoms with Crippen molar-refractivity contribution < 1.29 is 10.2 Å². The third-order valence-electron chi connectivity index (χ3n) is 3.96. The van der Waals surface area contributed by atoms with Gasteiger partial charge in [0.2, 0.25) is 0 Å². The highest BCUT2D eigenvalue weighted by atomic mass is 16.3. The lowest BCUT2D eigenvalue weighted by Gasteiger charge is -2.34. The normalized spacial score (nSPS) is 20.8. The summed E-state index contributed by atoms with van der Waals surface area (Å²) < 4.78 is 0. The molecule has 0 saturated carbocycles. The van der Waals surface area contributed by atoms with Gasteiger partial charge in [-0.1, -0.05) is 12.1 Å². The van der Waals surface area contributed by atoms with Crippen LogP contribution in [0.4, 0.5) is 5.69 Å². The van der Waals surface area contributed by atoms with Crippen LogP contribution in [0, 0.1) is 5.92 Å². The number of aliphatic hydroxyl groups excluding tert-OH is 2. The molecule has 0 aliphatic carbocycles. The second-order valence-electron chi connectivity index (χ2n) is 5.33. The topological polar surface area (TPSA) is 43.7 Å². The summed E-state index contributed by atoms with van der Waals surface area (Å²) in [6.45, 7) is 5.67. The van der Waals surface area contributed by atoms with Crippen molar-refractivity contribution in [3.05, 3.63) is 29.8 Å². The predicted octanol–water partition coefficient (Wildman–Crippen LogP) is 2.34. The summed E-state index contributed by atoms with van der Waals surface area (Å²) in [6, 6.07) is 8.12. The summed E-state index contributed by atoms with van der Waals surface area (Å²) in [5, 5.41) is 19.1. The van der Waals surface area contributed by atoms with Crippen LogP contribution in [-0.2, 0) is 0 Å². The molecule has 1 aliphatic heterocycles. The molecule has 18 heavy (non-hydrogen) atoms. The van der Waals surface area contributed by atoms with Crippen molar-refractivity contribution in [2.45, 2.75) is 38.9 Å². The van der Waals surface area contributed by atoms with Crippen LogP contribution in [0.25, 0.3) is 0 Å². The first-order valence-corrected chi connectivity index (χ1v) is 6.79. The largest absolute Gasteiger partial charge is 0.393 e. The summed E-state index contributed by atoms with van der Waals surface area (Å²) in [4.78, 5) is 2.35. The second kappa shape index (κ2) is 5.72. The molecule has 0 radical (unpaired) electrons. The van der Waals surface area contributed by atoms with E-state index in [1.165, 1.54) is 5.69 Å². The smallest absolute Gasteiger partial charge is 0.0761 e. The van der Waals surface area contributed by atoms with E-state index in [0.29, 0.717) is 5.92 Å². The number of rotatable bonds is 3. The zero-order valence-electron chi connectivity index (χ0n) is 11.2. The number of piperidine rings is 1. The monoisotopic (exact) mass is 249 g/mol. The molecule has 100 valence electrons. The summed E-state index contributed by atoms with van der Waals surface area (Å²) in [7, 11) is 0. The Bertz CT molecular complexity index is 365. The van der Waals surface area contributed by atoms with E-state index in [9.17, 15) is 10.2 Å². The Morgan fingerprint density at radius 1 is 1.06 bits per heavy atom. The van der Waals surface area contributed by atoms with Crippen molar-refractivity contribution >= 4 is 5.69 Å². The van der Waals surface area contributed by atoms with Gasteiger partial charge in [0.25, 0.3) is 0 Å². The zero-order chi connectivity index (χ0) is 13.1. The Balaban J connectivity index is 1.97. The number of hydrogen-bond acceptors (Lipinski definition) is 3. The molecule has 2 N–H and O–H groups in total. The fraction of sp³-hybridized carbons (Fsp3) is 0.600. The minimum atomic E-state index is -0.403. The Kier molecular flexibility index (Phi) is 4.25. The van der Waals surface area contributed by atoms with Crippen molar-refractivity contribution in [3.63, 3.8) is 0 Å². The fourth-order valence-corrected chi connectivity index (χ4v) is 2.60. The molecule has 3 nitrogen and oxygen atoms in total. The Hall–Kier alpha value is -1.06. The fourth-order valence-electron chi connectivity index (χ4n) is 2.60. The predicted molar refractivity (Wildman–Crippen MR) is 73.7 cm³/mol. The maximum absolute atomic E-state index is 9.59. The van der Waals surface area contributed by atoms with Gasteiger partial charge < -0.3 is 15.1 Å². The minimum absolute atomic E-state index is 0.190. The molecule has 1 aromatic carbocycles. The maximum atomic E-state index is 9.59. The molecule has 1 unspecified atom stereocenters. The van der Waals surface area contributed by atoms with Gasteiger partial charge in [-0.05, 0) is 50.3 Å². The van der Waals surface area contributed by atoms with E-state index in [4.69, 9.17) is 0 Å². The molecule has 0 aromatic heterocycles. The van der Waals surface area contributed by atoms with E-state index in [1.807, 2.05) is 19.1 Å². The molecule has 0 bridgehead atoms. The van der Waals surface area contributed by atoms with Crippen molar-refractivity contribution in [1.82, 2.24) is 0 Å². The van der Waals surface area contributed by atoms with Crippen molar-refractivity contribution in [2.75, 3.05) is 18.0 Å². The standard InChI is InChI=1S/C15H23NO2/c1-11(17)13-3-5-15(6-4-13)16-9-7-14(8-10-16)12(2)18/h3-6,11-12,14,17-18H,7-10H2,1-2H3/t11-,12?/m1/s1. The quantitative estimate of drug-likeness (QED) is 0.864. The Labute approximate surface area is 109 Å². The molecule has 1 fully saturated rings. The van der Waals surface area contributed by atoms with Gasteiger partial charge in [-0.2, -0.15) is 0 Å². The third-order valence-corrected chi connectivity index (χ3v) is 3.96. The number of hydrogen-bond donors (Lipinski definition) is 2. The van der Waals surface area contributed by atoms with Gasteiger partial charge in [0.15, 0.2) is 0 Å². The summed E-state index contributed by atoms with van der Waals surface area (Å²) in [5.41, 5.74) is 2.17. The van der Waals surface area contributed by atoms with Crippen LogP contribution in [0.3, 0.4) is 0 Å². The first kappa shape index (κ1) is 13.4. The highest BCUT2D eigenvalue weighted by Crippen LogP contribution is 2.26. The Morgan fingerprint density at radius 3 is 2.06 bits per heavy atom. The minimum Gasteiger partial charge on any atom is -0.393 e. The lowest BCUT2D eigenvalue weighted by atomic mass is 9.92. The lowest BCUT2D eigenvalue weighted by molar-refractivity contribution is 0.110. The van der Waals surface area contributed by atoms with E-state index >= 15 is 0 Å². The maximum Gasteiger partial charge on any atom is 0.0761 e. The van der Waals surface area contributed by atoms with Gasteiger partial charge in [-0.15, -0.1) is 0 Å². The van der Waals surface area contributed by atoms with Gasteiger partial charge in [-0.3, -0.25) is 0 Å². The molecule has 2 rings (SSSR count). The van der Waals surface area contributed by atoms with Gasteiger partial charge in [0.05, 0.1) is 12.2 Å². The highest BCUT2D eigenvalue weighted by molar-refractivity contribution is 5.48. The second-order valence-corrected chi connectivity index (χ2v) is 5.33. The molecular weight excluding hydrogens is 226 g/mol. The van der Waals surface area contributed by atoms with Crippen LogP contribution in [0.5, 0.6) is 0 Å². The first-order valence-electron chi connectivity index (χ1n) is 6.79. The van der Waals surface area contributed by atoms with E-state index in [2.05, 4.69) is 17.0 Å². The average molecular weight is 249 g/mol. The van der Waals surface area contributed by atoms with E-state index in [1.54, 1.807) is 6.92 Å². The van der Waals surface area contributed by atoms with Crippen LogP contribution in [0.15, 0.2) is 24.3 Å². The van der Waals surface area contributed by atoms with Crippen molar-refractivity contribution in [2.24, 2.45) is 5.92 Å². The summed E-state index contributed by atoms with van der Waals surface area (Å²) in [5.74, 6) is 0.443. The van der Waals surface area contributed by atoms with Crippen molar-refractivity contribution in [3.8, 4) is 0 Å². The molecule has 1 aromatic rings. The third kappa shape index (κ3) is 3.03. The zero-order valence-corrected chi connectivity index (χ0v) is 11.2. The summed E-state index contributed by atoms with van der Waals surface area (Å²) >= 11 is 0. The molecule has 0 spiro atoms. The molecular formula is C15H23NO2. The van der Waals surface area contributed by atoms with Crippen LogP contribution in [0.2, 0.25) is 0 Å². The Morgan fingerprint density at radius 2 is 1.61 bits per heavy atom. The van der Waals surface area contributed by atoms with Gasteiger partial charge in [0, 0.05) is 18.8 Å². The molecule has 0 amide bonds. The van der Waals surface area contributed by atoms with E-state index < -0.39 is 6.10 Å².